The first kappa shape index (κ1) is 21.2. The zero-order valence-electron chi connectivity index (χ0n) is 17.5. The van der Waals surface area contributed by atoms with Crippen molar-refractivity contribution >= 4 is 11.3 Å². The van der Waals surface area contributed by atoms with Gasteiger partial charge in [-0.05, 0) is 61.1 Å². The van der Waals surface area contributed by atoms with Crippen LogP contribution in [0.2, 0.25) is 0 Å². The van der Waals surface area contributed by atoms with Crippen molar-refractivity contribution < 1.29 is 0 Å². The molecule has 0 aliphatic rings. The standard InChI is InChI=1S/C25H31N3/c1-9-18(4)23-10-12-24(13-11-23)22(8)27-21(7)19(5)14-25(17(2)3)28-16-26-15-20(28)6/h10-16,22,27H,2,4-5,7,9H2,1,3,6,8H3/b25-14-/t22-/m0/s1. The summed E-state index contributed by atoms with van der Waals surface area (Å²) < 4.78 is 2.00. The molecule has 0 radical (unpaired) electrons. The topological polar surface area (TPSA) is 29.9 Å². The highest BCUT2D eigenvalue weighted by Gasteiger charge is 2.10. The molecule has 0 spiro atoms. The Morgan fingerprint density at radius 3 is 2.32 bits per heavy atom. The van der Waals surface area contributed by atoms with Gasteiger partial charge < -0.3 is 9.88 Å². The predicted molar refractivity (Wildman–Crippen MR) is 122 cm³/mol. The zero-order chi connectivity index (χ0) is 20.8. The molecule has 0 aliphatic carbocycles. The van der Waals surface area contributed by atoms with Crippen LogP contribution in [0, 0.1) is 6.92 Å². The molecule has 0 fully saturated rings. The summed E-state index contributed by atoms with van der Waals surface area (Å²) in [7, 11) is 0. The van der Waals surface area contributed by atoms with E-state index in [0.29, 0.717) is 0 Å². The van der Waals surface area contributed by atoms with Crippen molar-refractivity contribution in [2.24, 2.45) is 0 Å². The van der Waals surface area contributed by atoms with E-state index in [1.165, 1.54) is 11.1 Å². The molecule has 0 saturated heterocycles. The van der Waals surface area contributed by atoms with Crippen molar-refractivity contribution in [3.63, 3.8) is 0 Å². The number of benzene rings is 1. The highest BCUT2D eigenvalue weighted by molar-refractivity contribution is 5.67. The van der Waals surface area contributed by atoms with Gasteiger partial charge in [-0.2, -0.15) is 0 Å². The average molecular weight is 374 g/mol. The highest BCUT2D eigenvalue weighted by Crippen LogP contribution is 2.23. The highest BCUT2D eigenvalue weighted by atomic mass is 15.1. The fourth-order valence-electron chi connectivity index (χ4n) is 2.91. The summed E-state index contributed by atoms with van der Waals surface area (Å²) in [6.07, 6.45) is 6.56. The Morgan fingerprint density at radius 1 is 1.18 bits per heavy atom. The van der Waals surface area contributed by atoms with Crippen molar-refractivity contribution in [3.8, 4) is 0 Å². The lowest BCUT2D eigenvalue weighted by atomic mass is 10.0. The first-order chi connectivity index (χ1) is 13.2. The largest absolute Gasteiger partial charge is 0.379 e. The van der Waals surface area contributed by atoms with E-state index in [1.807, 2.05) is 30.7 Å². The van der Waals surface area contributed by atoms with Gasteiger partial charge in [0.1, 0.15) is 0 Å². The van der Waals surface area contributed by atoms with Crippen LogP contribution in [-0.4, -0.2) is 9.55 Å². The summed E-state index contributed by atoms with van der Waals surface area (Å²) in [5.74, 6) is 0. The van der Waals surface area contributed by atoms with E-state index in [9.17, 15) is 0 Å². The molecule has 1 N–H and O–H groups in total. The molecule has 2 rings (SSSR count). The summed E-state index contributed by atoms with van der Waals surface area (Å²) in [6, 6.07) is 8.63. The van der Waals surface area contributed by atoms with Gasteiger partial charge in [0.2, 0.25) is 0 Å². The monoisotopic (exact) mass is 373 g/mol. The minimum atomic E-state index is 0.116. The maximum absolute atomic E-state index is 4.20. The second-order valence-electron chi connectivity index (χ2n) is 7.16. The minimum Gasteiger partial charge on any atom is -0.379 e. The van der Waals surface area contributed by atoms with Crippen molar-refractivity contribution in [1.29, 1.82) is 0 Å². The zero-order valence-corrected chi connectivity index (χ0v) is 17.5. The van der Waals surface area contributed by atoms with Crippen LogP contribution in [0.4, 0.5) is 0 Å². The number of aryl methyl sites for hydroxylation is 1. The quantitative estimate of drug-likeness (QED) is 0.512. The fraction of sp³-hybridized carbons (Fsp3) is 0.240. The SMILES string of the molecule is C=C(/C=C(/C(=C)C)n1cncc1C)C(=C)N[C@@H](C)c1ccc(C(=C)CC)cc1. The van der Waals surface area contributed by atoms with Gasteiger partial charge in [-0.1, -0.05) is 57.5 Å². The van der Waals surface area contributed by atoms with Gasteiger partial charge in [-0.15, -0.1) is 0 Å². The molecular weight excluding hydrogens is 342 g/mol. The van der Waals surface area contributed by atoms with E-state index in [4.69, 9.17) is 0 Å². The van der Waals surface area contributed by atoms with Crippen LogP contribution in [-0.2, 0) is 0 Å². The van der Waals surface area contributed by atoms with Gasteiger partial charge in [0.15, 0.2) is 0 Å². The summed E-state index contributed by atoms with van der Waals surface area (Å²) in [6.45, 7) is 24.8. The summed E-state index contributed by atoms with van der Waals surface area (Å²) >= 11 is 0. The van der Waals surface area contributed by atoms with E-state index in [0.717, 1.165) is 40.2 Å². The number of hydrogen-bond donors (Lipinski definition) is 1. The molecule has 1 aromatic heterocycles. The van der Waals surface area contributed by atoms with Crippen LogP contribution in [0.5, 0.6) is 0 Å². The van der Waals surface area contributed by atoms with Crippen LogP contribution in [0.1, 0.15) is 50.1 Å². The average Bonchev–Trinajstić information content (AvgIpc) is 3.10. The van der Waals surface area contributed by atoms with Gasteiger partial charge in [0.25, 0.3) is 0 Å². The lowest BCUT2D eigenvalue weighted by Gasteiger charge is -2.19. The molecule has 0 saturated carbocycles. The lowest BCUT2D eigenvalue weighted by Crippen LogP contribution is -2.18. The summed E-state index contributed by atoms with van der Waals surface area (Å²) in [4.78, 5) is 4.20. The third-order valence-corrected chi connectivity index (χ3v) is 4.86. The maximum atomic E-state index is 4.20. The number of hydrogen-bond acceptors (Lipinski definition) is 2. The third kappa shape index (κ3) is 5.01. The summed E-state index contributed by atoms with van der Waals surface area (Å²) in [5, 5.41) is 3.45. The smallest absolute Gasteiger partial charge is 0.0994 e. The van der Waals surface area contributed by atoms with Gasteiger partial charge in [-0.25, -0.2) is 4.98 Å². The Kier molecular flexibility index (Phi) is 7.00. The molecule has 0 aliphatic heterocycles. The van der Waals surface area contributed by atoms with Crippen molar-refractivity contribution in [2.75, 3.05) is 0 Å². The van der Waals surface area contributed by atoms with E-state index in [-0.39, 0.29) is 6.04 Å². The molecule has 0 bridgehead atoms. The second-order valence-corrected chi connectivity index (χ2v) is 7.16. The minimum absolute atomic E-state index is 0.116. The number of rotatable bonds is 9. The molecule has 3 nitrogen and oxygen atoms in total. The number of imidazole rings is 1. The maximum Gasteiger partial charge on any atom is 0.0994 e. The van der Waals surface area contributed by atoms with Crippen LogP contribution >= 0.6 is 0 Å². The molecule has 0 unspecified atom stereocenters. The molecule has 28 heavy (non-hydrogen) atoms. The predicted octanol–water partition coefficient (Wildman–Crippen LogP) is 6.45. The van der Waals surface area contributed by atoms with Crippen molar-refractivity contribution in [3.05, 3.63) is 103 Å². The summed E-state index contributed by atoms with van der Waals surface area (Å²) in [5.41, 5.74) is 8.07. The Balaban J connectivity index is 2.12. The van der Waals surface area contributed by atoms with Crippen LogP contribution in [0.15, 0.2) is 86.0 Å². The van der Waals surface area contributed by atoms with Crippen molar-refractivity contribution in [1.82, 2.24) is 14.9 Å². The van der Waals surface area contributed by atoms with E-state index in [2.05, 4.69) is 74.7 Å². The van der Waals surface area contributed by atoms with E-state index >= 15 is 0 Å². The van der Waals surface area contributed by atoms with Crippen LogP contribution in [0.3, 0.4) is 0 Å². The molecule has 0 amide bonds. The first-order valence-corrected chi connectivity index (χ1v) is 9.54. The van der Waals surface area contributed by atoms with Crippen LogP contribution < -0.4 is 5.32 Å². The number of nitrogens with zero attached hydrogens (tertiary/aromatic N) is 2. The Labute approximate surface area is 169 Å². The Bertz CT molecular complexity index is 923. The lowest BCUT2D eigenvalue weighted by molar-refractivity contribution is 0.663. The molecule has 146 valence electrons. The molecular formula is C25H31N3. The van der Waals surface area contributed by atoms with Crippen molar-refractivity contribution in [2.45, 2.75) is 40.2 Å². The first-order valence-electron chi connectivity index (χ1n) is 9.54. The number of nitrogens with one attached hydrogen (secondary N) is 1. The molecule has 1 aromatic carbocycles. The van der Waals surface area contributed by atoms with Gasteiger partial charge >= 0.3 is 0 Å². The Morgan fingerprint density at radius 2 is 1.82 bits per heavy atom. The van der Waals surface area contributed by atoms with E-state index in [1.54, 1.807) is 6.33 Å². The Hall–Kier alpha value is -3.07. The molecule has 2 aromatic rings. The number of allylic oxidation sites excluding steroid dienone is 4. The van der Waals surface area contributed by atoms with Crippen LogP contribution in [0.25, 0.3) is 11.3 Å². The second kappa shape index (κ2) is 9.23. The third-order valence-electron chi connectivity index (χ3n) is 4.86. The van der Waals surface area contributed by atoms with Gasteiger partial charge in [-0.3, -0.25) is 0 Å². The molecule has 1 heterocycles. The molecule has 1 atom stereocenters. The van der Waals surface area contributed by atoms with Gasteiger partial charge in [0.05, 0.1) is 6.33 Å². The van der Waals surface area contributed by atoms with Gasteiger partial charge in [0, 0.05) is 29.3 Å². The molecule has 3 heteroatoms. The fourth-order valence-corrected chi connectivity index (χ4v) is 2.91. The number of aromatic nitrogens is 2. The normalized spacial score (nSPS) is 12.4. The van der Waals surface area contributed by atoms with E-state index < -0.39 is 0 Å².